The number of aliphatic carboxylic acids is 1. The summed E-state index contributed by atoms with van der Waals surface area (Å²) in [5.74, 6) is -0.00194. The number of methoxy groups -OCH3 is 1. The van der Waals surface area contributed by atoms with Crippen LogP contribution >= 0.6 is 0 Å². The van der Waals surface area contributed by atoms with Crippen LogP contribution in [0.2, 0.25) is 0 Å². The zero-order valence-corrected chi connectivity index (χ0v) is 12.2. The Hall–Kier alpha value is -2.81. The van der Waals surface area contributed by atoms with E-state index in [9.17, 15) is 4.79 Å². The highest BCUT2D eigenvalue weighted by molar-refractivity contribution is 5.99. The van der Waals surface area contributed by atoms with Gasteiger partial charge in [0.25, 0.3) is 0 Å². The van der Waals surface area contributed by atoms with E-state index in [1.165, 1.54) is 0 Å². The summed E-state index contributed by atoms with van der Waals surface area (Å²) in [4.78, 5) is 11.0. The Balaban J connectivity index is 2.16. The Morgan fingerprint density at radius 1 is 0.955 bits per heavy atom. The second-order valence-corrected chi connectivity index (χ2v) is 5.12. The molecule has 0 fully saturated rings. The van der Waals surface area contributed by atoms with Crippen LogP contribution in [0.5, 0.6) is 5.75 Å². The van der Waals surface area contributed by atoms with E-state index in [4.69, 9.17) is 9.84 Å². The maximum Gasteiger partial charge on any atom is 0.307 e. The van der Waals surface area contributed by atoms with Crippen LogP contribution in [0.15, 0.2) is 60.7 Å². The van der Waals surface area contributed by atoms with E-state index in [2.05, 4.69) is 0 Å². The molecular weight excluding hydrogens is 276 g/mol. The van der Waals surface area contributed by atoms with Gasteiger partial charge >= 0.3 is 5.97 Å². The molecule has 0 amide bonds. The van der Waals surface area contributed by atoms with Crippen LogP contribution in [0.1, 0.15) is 5.56 Å². The molecule has 0 atom stereocenters. The highest BCUT2D eigenvalue weighted by Gasteiger charge is 2.10. The van der Waals surface area contributed by atoms with Crippen molar-refractivity contribution in [1.82, 2.24) is 0 Å². The van der Waals surface area contributed by atoms with Crippen LogP contribution in [0.4, 0.5) is 0 Å². The van der Waals surface area contributed by atoms with Gasteiger partial charge in [-0.1, -0.05) is 48.5 Å². The SMILES string of the molecule is COc1ccc(-c2ccc(CC(=O)O)c3ccccc23)cc1. The van der Waals surface area contributed by atoms with Crippen LogP contribution in [0.25, 0.3) is 21.9 Å². The summed E-state index contributed by atoms with van der Waals surface area (Å²) in [5, 5.41) is 11.1. The minimum absolute atomic E-state index is 0.0312. The Labute approximate surface area is 128 Å². The molecule has 0 saturated heterocycles. The van der Waals surface area contributed by atoms with Crippen molar-refractivity contribution in [3.8, 4) is 16.9 Å². The molecular formula is C19H16O3. The fourth-order valence-corrected chi connectivity index (χ4v) is 2.70. The minimum Gasteiger partial charge on any atom is -0.497 e. The van der Waals surface area contributed by atoms with Crippen molar-refractivity contribution >= 4 is 16.7 Å². The standard InChI is InChI=1S/C19H16O3/c1-22-15-9-6-13(7-10-15)17-11-8-14(12-19(20)21)16-4-2-3-5-18(16)17/h2-11H,12H2,1H3,(H,20,21). The molecule has 0 aliphatic carbocycles. The predicted octanol–water partition coefficient (Wildman–Crippen LogP) is 4.14. The number of carboxylic acid groups (broad SMARTS) is 1. The molecule has 0 aromatic heterocycles. The lowest BCUT2D eigenvalue weighted by Gasteiger charge is -2.11. The summed E-state index contributed by atoms with van der Waals surface area (Å²) >= 11 is 0. The molecule has 22 heavy (non-hydrogen) atoms. The van der Waals surface area contributed by atoms with Gasteiger partial charge < -0.3 is 9.84 Å². The predicted molar refractivity (Wildman–Crippen MR) is 87.3 cm³/mol. The first-order valence-corrected chi connectivity index (χ1v) is 7.06. The van der Waals surface area contributed by atoms with Crippen molar-refractivity contribution in [2.24, 2.45) is 0 Å². The maximum atomic E-state index is 11.0. The molecule has 0 aliphatic rings. The van der Waals surface area contributed by atoms with Crippen molar-refractivity contribution in [2.45, 2.75) is 6.42 Å². The van der Waals surface area contributed by atoms with Crippen LogP contribution in [-0.2, 0) is 11.2 Å². The second kappa shape index (κ2) is 5.90. The van der Waals surface area contributed by atoms with Crippen LogP contribution in [-0.4, -0.2) is 18.2 Å². The molecule has 3 nitrogen and oxygen atoms in total. The monoisotopic (exact) mass is 292 g/mol. The van der Waals surface area contributed by atoms with E-state index in [-0.39, 0.29) is 6.42 Å². The summed E-state index contributed by atoms with van der Waals surface area (Å²) in [6.07, 6.45) is 0.0312. The van der Waals surface area contributed by atoms with Gasteiger partial charge in [-0.2, -0.15) is 0 Å². The summed E-state index contributed by atoms with van der Waals surface area (Å²) < 4.78 is 5.19. The van der Waals surface area contributed by atoms with Gasteiger partial charge in [0, 0.05) is 0 Å². The van der Waals surface area contributed by atoms with E-state index in [1.54, 1.807) is 7.11 Å². The topological polar surface area (TPSA) is 46.5 Å². The normalized spacial score (nSPS) is 10.6. The largest absolute Gasteiger partial charge is 0.497 e. The first-order valence-electron chi connectivity index (χ1n) is 7.06. The molecule has 3 rings (SSSR count). The van der Waals surface area contributed by atoms with E-state index in [1.807, 2.05) is 60.7 Å². The third kappa shape index (κ3) is 2.66. The fraction of sp³-hybridized carbons (Fsp3) is 0.105. The van der Waals surface area contributed by atoms with Gasteiger partial charge in [-0.15, -0.1) is 0 Å². The third-order valence-corrected chi connectivity index (χ3v) is 3.76. The number of benzene rings is 3. The average molecular weight is 292 g/mol. The summed E-state index contributed by atoms with van der Waals surface area (Å²) in [6.45, 7) is 0. The maximum absolute atomic E-state index is 11.0. The van der Waals surface area contributed by atoms with Crippen LogP contribution < -0.4 is 4.74 Å². The molecule has 3 aromatic rings. The molecule has 110 valence electrons. The van der Waals surface area contributed by atoms with Crippen molar-refractivity contribution in [3.63, 3.8) is 0 Å². The highest BCUT2D eigenvalue weighted by atomic mass is 16.5. The number of ether oxygens (including phenoxy) is 1. The third-order valence-electron chi connectivity index (χ3n) is 3.76. The molecule has 0 radical (unpaired) electrons. The number of carbonyl (C=O) groups is 1. The smallest absolute Gasteiger partial charge is 0.307 e. The molecule has 3 heteroatoms. The van der Waals surface area contributed by atoms with Crippen molar-refractivity contribution in [1.29, 1.82) is 0 Å². The molecule has 0 aliphatic heterocycles. The van der Waals surface area contributed by atoms with Gasteiger partial charge in [0.1, 0.15) is 5.75 Å². The molecule has 0 heterocycles. The zero-order chi connectivity index (χ0) is 15.5. The van der Waals surface area contributed by atoms with E-state index >= 15 is 0 Å². The number of hydrogen-bond donors (Lipinski definition) is 1. The molecule has 0 unspecified atom stereocenters. The van der Waals surface area contributed by atoms with Gasteiger partial charge in [-0.25, -0.2) is 0 Å². The Morgan fingerprint density at radius 3 is 2.27 bits per heavy atom. The van der Waals surface area contributed by atoms with Crippen molar-refractivity contribution in [2.75, 3.05) is 7.11 Å². The molecule has 0 spiro atoms. The molecule has 0 saturated carbocycles. The molecule has 3 aromatic carbocycles. The summed E-state index contributed by atoms with van der Waals surface area (Å²) in [7, 11) is 1.64. The Kier molecular flexibility index (Phi) is 3.79. The van der Waals surface area contributed by atoms with Gasteiger partial charge in [0.15, 0.2) is 0 Å². The number of rotatable bonds is 4. The Morgan fingerprint density at radius 2 is 1.64 bits per heavy atom. The zero-order valence-electron chi connectivity index (χ0n) is 12.2. The second-order valence-electron chi connectivity index (χ2n) is 5.12. The average Bonchev–Trinajstić information content (AvgIpc) is 2.55. The fourth-order valence-electron chi connectivity index (χ4n) is 2.70. The lowest BCUT2D eigenvalue weighted by atomic mass is 9.94. The summed E-state index contributed by atoms with van der Waals surface area (Å²) in [6, 6.07) is 19.7. The molecule has 1 N–H and O–H groups in total. The minimum atomic E-state index is -0.817. The Bertz CT molecular complexity index is 820. The van der Waals surface area contributed by atoms with E-state index < -0.39 is 5.97 Å². The quantitative estimate of drug-likeness (QED) is 0.786. The highest BCUT2D eigenvalue weighted by Crippen LogP contribution is 2.32. The first kappa shape index (κ1) is 14.1. The van der Waals surface area contributed by atoms with Gasteiger partial charge in [-0.3, -0.25) is 4.79 Å². The number of hydrogen-bond acceptors (Lipinski definition) is 2. The van der Waals surface area contributed by atoms with Gasteiger partial charge in [0.05, 0.1) is 13.5 Å². The van der Waals surface area contributed by atoms with Crippen molar-refractivity contribution in [3.05, 3.63) is 66.2 Å². The lowest BCUT2D eigenvalue weighted by Crippen LogP contribution is -2.01. The number of fused-ring (bicyclic) bond motifs is 1. The molecule has 0 bridgehead atoms. The lowest BCUT2D eigenvalue weighted by molar-refractivity contribution is -0.136. The first-order chi connectivity index (χ1) is 10.7. The van der Waals surface area contributed by atoms with Gasteiger partial charge in [0.2, 0.25) is 0 Å². The van der Waals surface area contributed by atoms with E-state index in [0.717, 1.165) is 33.2 Å². The van der Waals surface area contributed by atoms with Gasteiger partial charge in [-0.05, 0) is 39.6 Å². The number of carboxylic acids is 1. The van der Waals surface area contributed by atoms with Crippen LogP contribution in [0.3, 0.4) is 0 Å². The van der Waals surface area contributed by atoms with Crippen molar-refractivity contribution < 1.29 is 14.6 Å². The summed E-state index contributed by atoms with van der Waals surface area (Å²) in [5.41, 5.74) is 3.01. The van der Waals surface area contributed by atoms with Crippen LogP contribution in [0, 0.1) is 0 Å². The van der Waals surface area contributed by atoms with E-state index in [0.29, 0.717) is 0 Å².